The predicted molar refractivity (Wildman–Crippen MR) is 109 cm³/mol. The van der Waals surface area contributed by atoms with Crippen molar-refractivity contribution in [3.8, 4) is 5.75 Å². The lowest BCUT2D eigenvalue weighted by Crippen LogP contribution is -2.18. The Morgan fingerprint density at radius 3 is 2.86 bits per heavy atom. The number of ether oxygens (including phenoxy) is 1. The number of hydrogen-bond donors (Lipinski definition) is 2. The van der Waals surface area contributed by atoms with Gasteiger partial charge in [-0.1, -0.05) is 30.3 Å². The quantitative estimate of drug-likeness (QED) is 0.389. The fraction of sp³-hybridized carbons (Fsp3) is 0.0952. The number of carbonyl (C=O) groups is 2. The number of furan rings is 1. The number of methoxy groups -OCH3 is 1. The summed E-state index contributed by atoms with van der Waals surface area (Å²) in [6.45, 7) is 0.0571. The van der Waals surface area contributed by atoms with E-state index < -0.39 is 11.8 Å². The minimum absolute atomic E-state index is 0.0571. The van der Waals surface area contributed by atoms with Gasteiger partial charge in [-0.25, -0.2) is 5.43 Å². The largest absolute Gasteiger partial charge is 0.493 e. The van der Waals surface area contributed by atoms with Gasteiger partial charge < -0.3 is 19.5 Å². The normalized spacial score (nSPS) is 11.3. The molecule has 8 heteroatoms. The maximum Gasteiger partial charge on any atom is 0.307 e. The highest BCUT2D eigenvalue weighted by atomic mass is 16.5. The molecule has 0 unspecified atom stereocenters. The lowest BCUT2D eigenvalue weighted by atomic mass is 10.2. The SMILES string of the molecule is COc1cccc2cc(C(=O)N/N=C\c3cn(CC(N)=O)c4ccccc34)oc12. The van der Waals surface area contributed by atoms with Gasteiger partial charge in [0.05, 0.1) is 13.3 Å². The van der Waals surface area contributed by atoms with Crippen LogP contribution in [-0.4, -0.2) is 29.7 Å². The second kappa shape index (κ2) is 7.51. The number of fused-ring (bicyclic) bond motifs is 2. The van der Waals surface area contributed by atoms with Crippen LogP contribution in [0.3, 0.4) is 0 Å². The third-order valence-electron chi connectivity index (χ3n) is 4.47. The third kappa shape index (κ3) is 3.55. The van der Waals surface area contributed by atoms with Crippen LogP contribution in [0.25, 0.3) is 21.9 Å². The minimum Gasteiger partial charge on any atom is -0.493 e. The molecule has 4 aromatic rings. The highest BCUT2D eigenvalue weighted by molar-refractivity contribution is 6.01. The zero-order chi connectivity index (χ0) is 20.4. The lowest BCUT2D eigenvalue weighted by Gasteiger charge is -2.00. The molecule has 0 aliphatic carbocycles. The van der Waals surface area contributed by atoms with Gasteiger partial charge >= 0.3 is 5.91 Å². The summed E-state index contributed by atoms with van der Waals surface area (Å²) >= 11 is 0. The zero-order valence-corrected chi connectivity index (χ0v) is 15.6. The predicted octanol–water partition coefficient (Wildman–Crippen LogP) is 2.65. The van der Waals surface area contributed by atoms with Crippen molar-refractivity contribution < 1.29 is 18.7 Å². The van der Waals surface area contributed by atoms with Crippen LogP contribution in [0.15, 0.2) is 64.2 Å². The first-order valence-corrected chi connectivity index (χ1v) is 8.83. The van der Waals surface area contributed by atoms with Gasteiger partial charge in [0, 0.05) is 28.0 Å². The van der Waals surface area contributed by atoms with Crippen molar-refractivity contribution in [3.63, 3.8) is 0 Å². The van der Waals surface area contributed by atoms with Crippen LogP contribution in [0.5, 0.6) is 5.75 Å². The molecule has 0 aliphatic rings. The Balaban J connectivity index is 1.56. The third-order valence-corrected chi connectivity index (χ3v) is 4.47. The van der Waals surface area contributed by atoms with Crippen LogP contribution >= 0.6 is 0 Å². The fourth-order valence-electron chi connectivity index (χ4n) is 3.20. The van der Waals surface area contributed by atoms with E-state index in [0.29, 0.717) is 11.3 Å². The molecule has 0 bridgehead atoms. The summed E-state index contributed by atoms with van der Waals surface area (Å²) in [5.41, 5.74) is 9.86. The summed E-state index contributed by atoms with van der Waals surface area (Å²) < 4.78 is 12.6. The maximum absolute atomic E-state index is 12.4. The van der Waals surface area contributed by atoms with Crippen LogP contribution in [-0.2, 0) is 11.3 Å². The van der Waals surface area contributed by atoms with E-state index in [1.54, 1.807) is 22.9 Å². The number of nitrogens with zero attached hydrogens (tertiary/aromatic N) is 2. The molecule has 2 amide bonds. The number of nitrogens with two attached hydrogens (primary N) is 1. The Morgan fingerprint density at radius 1 is 1.24 bits per heavy atom. The number of primary amides is 1. The molecular weight excluding hydrogens is 372 g/mol. The number of para-hydroxylation sites is 2. The van der Waals surface area contributed by atoms with Crippen molar-refractivity contribution in [2.45, 2.75) is 6.54 Å². The van der Waals surface area contributed by atoms with E-state index in [2.05, 4.69) is 10.5 Å². The number of rotatable bonds is 6. The van der Waals surface area contributed by atoms with Gasteiger partial charge in [-0.2, -0.15) is 5.10 Å². The summed E-state index contributed by atoms with van der Waals surface area (Å²) in [7, 11) is 1.54. The van der Waals surface area contributed by atoms with E-state index >= 15 is 0 Å². The molecule has 0 radical (unpaired) electrons. The van der Waals surface area contributed by atoms with Crippen molar-refractivity contribution >= 4 is 39.9 Å². The number of amides is 2. The number of carbonyl (C=O) groups excluding carboxylic acids is 2. The highest BCUT2D eigenvalue weighted by Gasteiger charge is 2.14. The number of aromatic nitrogens is 1. The molecular formula is C21H18N4O4. The Labute approximate surface area is 165 Å². The Bertz CT molecular complexity index is 1250. The number of hydrazone groups is 1. The minimum atomic E-state index is -0.486. The molecule has 146 valence electrons. The van der Waals surface area contributed by atoms with Crippen molar-refractivity contribution in [1.29, 1.82) is 0 Å². The van der Waals surface area contributed by atoms with Gasteiger partial charge in [0.1, 0.15) is 6.54 Å². The first kappa shape index (κ1) is 18.3. The average molecular weight is 390 g/mol. The molecule has 8 nitrogen and oxygen atoms in total. The molecule has 2 aromatic carbocycles. The molecule has 0 aliphatic heterocycles. The van der Waals surface area contributed by atoms with Crippen LogP contribution in [0, 0.1) is 0 Å². The zero-order valence-electron chi connectivity index (χ0n) is 15.6. The molecule has 29 heavy (non-hydrogen) atoms. The average Bonchev–Trinajstić information content (AvgIpc) is 3.30. The summed E-state index contributed by atoms with van der Waals surface area (Å²) in [5, 5.41) is 5.67. The molecule has 0 fully saturated rings. The number of benzene rings is 2. The summed E-state index contributed by atoms with van der Waals surface area (Å²) in [6.07, 6.45) is 3.28. The van der Waals surface area contributed by atoms with E-state index in [9.17, 15) is 9.59 Å². The van der Waals surface area contributed by atoms with Gasteiger partial charge in [-0.05, 0) is 18.2 Å². The van der Waals surface area contributed by atoms with E-state index in [1.807, 2.05) is 36.4 Å². The standard InChI is InChI=1S/C21H18N4O4/c1-28-17-8-4-5-13-9-18(29-20(13)17)21(27)24-23-10-14-11-25(12-19(22)26)16-7-3-2-6-15(14)16/h2-11H,12H2,1H3,(H2,22,26)(H,24,27)/b23-10-. The van der Waals surface area contributed by atoms with Gasteiger partial charge in [-0.15, -0.1) is 0 Å². The van der Waals surface area contributed by atoms with Crippen LogP contribution in [0.2, 0.25) is 0 Å². The van der Waals surface area contributed by atoms with E-state index in [-0.39, 0.29) is 12.3 Å². The van der Waals surface area contributed by atoms with Crippen molar-refractivity contribution in [2.75, 3.05) is 7.11 Å². The Kier molecular flexibility index (Phi) is 4.74. The molecule has 0 saturated carbocycles. The van der Waals surface area contributed by atoms with Gasteiger partial charge in [0.2, 0.25) is 5.91 Å². The van der Waals surface area contributed by atoms with Crippen LogP contribution in [0.4, 0.5) is 0 Å². The fourth-order valence-corrected chi connectivity index (χ4v) is 3.20. The van der Waals surface area contributed by atoms with Gasteiger partial charge in [0.15, 0.2) is 17.1 Å². The number of nitrogens with one attached hydrogen (secondary N) is 1. The van der Waals surface area contributed by atoms with Crippen molar-refractivity contribution in [1.82, 2.24) is 9.99 Å². The molecule has 3 N–H and O–H groups in total. The Morgan fingerprint density at radius 2 is 2.07 bits per heavy atom. The highest BCUT2D eigenvalue weighted by Crippen LogP contribution is 2.28. The van der Waals surface area contributed by atoms with E-state index in [0.717, 1.165) is 21.9 Å². The second-order valence-corrected chi connectivity index (χ2v) is 6.38. The molecule has 2 heterocycles. The molecule has 4 rings (SSSR count). The summed E-state index contributed by atoms with van der Waals surface area (Å²) in [6, 6.07) is 14.6. The topological polar surface area (TPSA) is 112 Å². The summed E-state index contributed by atoms with van der Waals surface area (Å²) in [4.78, 5) is 23.7. The molecule has 2 aromatic heterocycles. The van der Waals surface area contributed by atoms with Crippen molar-refractivity contribution in [3.05, 3.63) is 66.1 Å². The monoisotopic (exact) mass is 390 g/mol. The maximum atomic E-state index is 12.4. The van der Waals surface area contributed by atoms with Crippen LogP contribution in [0.1, 0.15) is 16.1 Å². The first-order chi connectivity index (χ1) is 14.1. The van der Waals surface area contributed by atoms with Gasteiger partial charge in [-0.3, -0.25) is 9.59 Å². The molecule has 0 spiro atoms. The Hall–Kier alpha value is -4.07. The van der Waals surface area contributed by atoms with E-state index in [4.69, 9.17) is 14.9 Å². The molecule has 0 saturated heterocycles. The van der Waals surface area contributed by atoms with Crippen molar-refractivity contribution in [2.24, 2.45) is 10.8 Å². The first-order valence-electron chi connectivity index (χ1n) is 8.83. The summed E-state index contributed by atoms with van der Waals surface area (Å²) in [5.74, 6) is -0.256. The second-order valence-electron chi connectivity index (χ2n) is 6.38. The lowest BCUT2D eigenvalue weighted by molar-refractivity contribution is -0.118. The van der Waals surface area contributed by atoms with Gasteiger partial charge in [0.25, 0.3) is 0 Å². The number of hydrogen-bond acceptors (Lipinski definition) is 5. The van der Waals surface area contributed by atoms with E-state index in [1.165, 1.54) is 13.3 Å². The smallest absolute Gasteiger partial charge is 0.307 e. The van der Waals surface area contributed by atoms with Crippen LogP contribution < -0.4 is 15.9 Å². The molecule has 0 atom stereocenters.